The summed E-state index contributed by atoms with van der Waals surface area (Å²) in [5.41, 5.74) is 11.6. The molecule has 3 aromatic heterocycles. The molecule has 0 saturated carbocycles. The summed E-state index contributed by atoms with van der Waals surface area (Å²) < 4.78 is 0. The number of hydrogen-bond acceptors (Lipinski definition) is 2. The molecular weight excluding hydrogens is 416 g/mol. The molecule has 1 aromatic carbocycles. The zero-order chi connectivity index (χ0) is 23.3. The quantitative estimate of drug-likeness (QED) is 0.275. The number of hydrogen-bond donors (Lipinski definition) is 2. The first kappa shape index (κ1) is 20.4. The summed E-state index contributed by atoms with van der Waals surface area (Å²) in [5.74, 6) is 0. The summed E-state index contributed by atoms with van der Waals surface area (Å²) in [4.78, 5) is 16.6. The van der Waals surface area contributed by atoms with Crippen LogP contribution in [0.3, 0.4) is 0 Å². The molecule has 4 aromatic rings. The van der Waals surface area contributed by atoms with Crippen molar-refractivity contribution in [2.45, 2.75) is 26.2 Å². The van der Waals surface area contributed by atoms with E-state index in [1.54, 1.807) is 0 Å². The van der Waals surface area contributed by atoms with E-state index in [0.29, 0.717) is 0 Å². The molecule has 8 bridgehead atoms. The molecule has 0 aliphatic carbocycles. The van der Waals surface area contributed by atoms with Crippen molar-refractivity contribution in [3.63, 3.8) is 0 Å². The molecule has 2 N–H and O–H groups in total. The number of H-pyrrole nitrogens is 2. The molecule has 0 radical (unpaired) electrons. The summed E-state index contributed by atoms with van der Waals surface area (Å²) in [5, 5.41) is 0. The third-order valence-electron chi connectivity index (χ3n) is 6.23. The normalized spacial score (nSPS) is 12.9. The topological polar surface area (TPSA) is 57.4 Å². The second-order valence-corrected chi connectivity index (χ2v) is 9.92. The molecule has 0 amide bonds. The summed E-state index contributed by atoms with van der Waals surface area (Å²) in [7, 11) is 0. The molecule has 0 atom stereocenters. The van der Waals surface area contributed by atoms with Gasteiger partial charge in [0, 0.05) is 27.6 Å². The lowest BCUT2D eigenvalue weighted by Gasteiger charge is -2.19. The summed E-state index contributed by atoms with van der Waals surface area (Å²) in [6, 6.07) is 23.5. The molecule has 4 heteroatoms. The molecular formula is C30H26N4. The van der Waals surface area contributed by atoms with Gasteiger partial charge in [0.1, 0.15) is 0 Å². The lowest BCUT2D eigenvalue weighted by atomic mass is 9.86. The second kappa shape index (κ2) is 7.70. The number of aromatic nitrogens is 4. The lowest BCUT2D eigenvalue weighted by Crippen LogP contribution is -2.10. The fourth-order valence-corrected chi connectivity index (χ4v) is 4.41. The molecule has 0 saturated heterocycles. The van der Waals surface area contributed by atoms with Gasteiger partial charge in [-0.1, -0.05) is 45.0 Å². The van der Waals surface area contributed by atoms with Crippen LogP contribution in [0.1, 0.15) is 49.1 Å². The molecule has 34 heavy (non-hydrogen) atoms. The van der Waals surface area contributed by atoms with Crippen molar-refractivity contribution in [1.82, 2.24) is 19.9 Å². The highest BCUT2D eigenvalue weighted by molar-refractivity contribution is 5.87. The number of nitrogens with one attached hydrogen (secondary N) is 2. The number of benzene rings is 1. The Kier molecular flexibility index (Phi) is 4.63. The minimum atomic E-state index is 0.123. The average Bonchev–Trinajstić information content (AvgIpc) is 3.58. The SMILES string of the molecule is CC(C)(C)c1ccc(-c2cc3cc4nc(cc5ccc(cc6nc(cc2[nH]3)C=C6)[nH]5)C=C4)cc1. The van der Waals surface area contributed by atoms with Gasteiger partial charge in [-0.3, -0.25) is 0 Å². The number of rotatable bonds is 1. The van der Waals surface area contributed by atoms with Crippen molar-refractivity contribution < 1.29 is 0 Å². The maximum atomic E-state index is 4.82. The van der Waals surface area contributed by atoms with Crippen LogP contribution in [0.5, 0.6) is 0 Å². The Balaban J connectivity index is 1.60. The second-order valence-electron chi connectivity index (χ2n) is 9.92. The van der Waals surface area contributed by atoms with Crippen LogP contribution in [-0.4, -0.2) is 19.9 Å². The van der Waals surface area contributed by atoms with Crippen molar-refractivity contribution in [1.29, 1.82) is 0 Å². The van der Waals surface area contributed by atoms with Gasteiger partial charge in [0.25, 0.3) is 0 Å². The number of aromatic amines is 2. The van der Waals surface area contributed by atoms with Crippen LogP contribution >= 0.6 is 0 Å². The number of fused-ring (bicyclic) bond motifs is 8. The van der Waals surface area contributed by atoms with E-state index < -0.39 is 0 Å². The van der Waals surface area contributed by atoms with Gasteiger partial charge in [-0.15, -0.1) is 0 Å². The van der Waals surface area contributed by atoms with Crippen LogP contribution in [0, 0.1) is 0 Å². The van der Waals surface area contributed by atoms with Crippen LogP contribution in [0.25, 0.3) is 57.5 Å². The van der Waals surface area contributed by atoms with Gasteiger partial charge in [-0.25, -0.2) is 9.97 Å². The molecule has 0 spiro atoms. The van der Waals surface area contributed by atoms with Crippen LogP contribution < -0.4 is 0 Å². The predicted molar refractivity (Wildman–Crippen MR) is 143 cm³/mol. The van der Waals surface area contributed by atoms with E-state index in [0.717, 1.165) is 50.4 Å². The van der Waals surface area contributed by atoms with E-state index in [9.17, 15) is 0 Å². The Morgan fingerprint density at radius 2 is 1.09 bits per heavy atom. The minimum absolute atomic E-state index is 0.123. The fraction of sp³-hybridized carbons (Fsp3) is 0.133. The summed E-state index contributed by atoms with van der Waals surface area (Å²) in [6.07, 6.45) is 8.20. The Hall–Kier alpha value is -4.18. The first-order valence-electron chi connectivity index (χ1n) is 11.6. The zero-order valence-corrected chi connectivity index (χ0v) is 19.6. The van der Waals surface area contributed by atoms with E-state index in [1.165, 1.54) is 11.1 Å². The summed E-state index contributed by atoms with van der Waals surface area (Å²) in [6.45, 7) is 6.72. The van der Waals surface area contributed by atoms with Crippen LogP contribution in [0.4, 0.5) is 0 Å². The van der Waals surface area contributed by atoms with E-state index >= 15 is 0 Å². The van der Waals surface area contributed by atoms with Crippen molar-refractivity contribution >= 4 is 46.4 Å². The van der Waals surface area contributed by atoms with E-state index in [-0.39, 0.29) is 5.41 Å². The first-order chi connectivity index (χ1) is 16.4. The maximum Gasteiger partial charge on any atom is 0.0658 e. The van der Waals surface area contributed by atoms with Crippen LogP contribution in [0.2, 0.25) is 0 Å². The van der Waals surface area contributed by atoms with E-state index in [4.69, 9.17) is 9.97 Å². The van der Waals surface area contributed by atoms with Gasteiger partial charge in [0.05, 0.1) is 22.8 Å². The predicted octanol–water partition coefficient (Wildman–Crippen LogP) is 7.62. The van der Waals surface area contributed by atoms with E-state index in [1.807, 2.05) is 18.2 Å². The highest BCUT2D eigenvalue weighted by Gasteiger charge is 2.14. The molecule has 6 rings (SSSR count). The molecule has 166 valence electrons. The molecule has 0 fully saturated rings. The number of nitrogens with zero attached hydrogens (tertiary/aromatic N) is 2. The molecule has 5 heterocycles. The van der Waals surface area contributed by atoms with Crippen molar-refractivity contribution in [2.75, 3.05) is 0 Å². The van der Waals surface area contributed by atoms with Gasteiger partial charge < -0.3 is 9.97 Å². The van der Waals surface area contributed by atoms with Crippen LogP contribution in [-0.2, 0) is 5.41 Å². The Labute approximate surface area is 198 Å². The monoisotopic (exact) mass is 442 g/mol. The van der Waals surface area contributed by atoms with E-state index in [2.05, 4.69) is 104 Å². The molecule has 4 nitrogen and oxygen atoms in total. The Morgan fingerprint density at radius 1 is 0.559 bits per heavy atom. The minimum Gasteiger partial charge on any atom is -0.355 e. The highest BCUT2D eigenvalue weighted by Crippen LogP contribution is 2.30. The molecule has 2 aliphatic rings. The first-order valence-corrected chi connectivity index (χ1v) is 11.6. The smallest absolute Gasteiger partial charge is 0.0658 e. The Morgan fingerprint density at radius 3 is 1.65 bits per heavy atom. The van der Waals surface area contributed by atoms with Gasteiger partial charge in [-0.05, 0) is 83.3 Å². The lowest BCUT2D eigenvalue weighted by molar-refractivity contribution is 0.590. The Bertz CT molecular complexity index is 1620. The van der Waals surface area contributed by atoms with Gasteiger partial charge >= 0.3 is 0 Å². The zero-order valence-electron chi connectivity index (χ0n) is 19.6. The third kappa shape index (κ3) is 3.99. The largest absolute Gasteiger partial charge is 0.355 e. The molecule has 0 unspecified atom stereocenters. The van der Waals surface area contributed by atoms with Gasteiger partial charge in [0.15, 0.2) is 0 Å². The summed E-state index contributed by atoms with van der Waals surface area (Å²) >= 11 is 0. The van der Waals surface area contributed by atoms with Gasteiger partial charge in [-0.2, -0.15) is 0 Å². The van der Waals surface area contributed by atoms with Crippen molar-refractivity contribution in [3.8, 4) is 11.1 Å². The fourth-order valence-electron chi connectivity index (χ4n) is 4.41. The third-order valence-corrected chi connectivity index (χ3v) is 6.23. The standard InChI is InChI=1S/C30H26N4/c1-30(2,3)20-6-4-19(5-7-20)28-17-27-16-25-11-10-23(32-25)14-21-8-9-22(31-21)15-24-12-13-26(33-24)18-29(28)34-27/h4-18,31,34H,1-3H3. The molecule has 2 aliphatic heterocycles. The maximum absolute atomic E-state index is 4.82. The highest BCUT2D eigenvalue weighted by atomic mass is 14.8. The van der Waals surface area contributed by atoms with Crippen molar-refractivity contribution in [2.24, 2.45) is 0 Å². The average molecular weight is 443 g/mol. The van der Waals surface area contributed by atoms with Gasteiger partial charge in [0.2, 0.25) is 0 Å². The van der Waals surface area contributed by atoms with Crippen LogP contribution in [0.15, 0.2) is 66.7 Å². The van der Waals surface area contributed by atoms with Crippen molar-refractivity contribution in [3.05, 3.63) is 95.1 Å².